The zero-order valence-corrected chi connectivity index (χ0v) is 19.0. The van der Waals surface area contributed by atoms with Crippen molar-refractivity contribution in [2.24, 2.45) is 5.92 Å². The SMILES string of the molecule is O=C(OCC1CCCN1)C(c1ccc(OCc2ccc3ccccc3n2)cc1)C1CCCC1. The number of pyridine rings is 1. The zero-order chi connectivity index (χ0) is 22.5. The Morgan fingerprint density at radius 2 is 1.79 bits per heavy atom. The number of aromatic nitrogens is 1. The summed E-state index contributed by atoms with van der Waals surface area (Å²) in [5, 5.41) is 4.53. The van der Waals surface area contributed by atoms with E-state index in [1.807, 2.05) is 48.5 Å². The Morgan fingerprint density at radius 3 is 2.58 bits per heavy atom. The van der Waals surface area contributed by atoms with Crippen LogP contribution in [0.15, 0.2) is 60.7 Å². The van der Waals surface area contributed by atoms with Crippen LogP contribution < -0.4 is 10.1 Å². The van der Waals surface area contributed by atoms with Gasteiger partial charge in [-0.3, -0.25) is 4.79 Å². The van der Waals surface area contributed by atoms with Crippen molar-refractivity contribution in [2.75, 3.05) is 13.2 Å². The molecule has 1 aliphatic carbocycles. The highest BCUT2D eigenvalue weighted by Gasteiger charge is 2.33. The number of hydrogen-bond donors (Lipinski definition) is 1. The first-order valence-electron chi connectivity index (χ1n) is 12.2. The number of carbonyl (C=O) groups excluding carboxylic acids is 1. The van der Waals surface area contributed by atoms with Crippen LogP contribution in [-0.2, 0) is 16.1 Å². The zero-order valence-electron chi connectivity index (χ0n) is 19.0. The fraction of sp³-hybridized carbons (Fsp3) is 0.429. The molecule has 2 aromatic carbocycles. The van der Waals surface area contributed by atoms with Crippen molar-refractivity contribution in [3.63, 3.8) is 0 Å². The van der Waals surface area contributed by atoms with Gasteiger partial charge < -0.3 is 14.8 Å². The van der Waals surface area contributed by atoms with Crippen molar-refractivity contribution in [2.45, 2.75) is 57.1 Å². The quantitative estimate of drug-likeness (QED) is 0.473. The second-order valence-electron chi connectivity index (χ2n) is 9.30. The van der Waals surface area contributed by atoms with Crippen molar-refractivity contribution in [1.82, 2.24) is 10.3 Å². The molecule has 2 atom stereocenters. The molecule has 5 nitrogen and oxygen atoms in total. The molecule has 1 saturated carbocycles. The average Bonchev–Trinajstić information content (AvgIpc) is 3.57. The smallest absolute Gasteiger partial charge is 0.313 e. The summed E-state index contributed by atoms with van der Waals surface area (Å²) >= 11 is 0. The van der Waals surface area contributed by atoms with Crippen LogP contribution in [0.1, 0.15) is 55.7 Å². The molecule has 2 heterocycles. The van der Waals surface area contributed by atoms with Crippen LogP contribution in [0.5, 0.6) is 5.75 Å². The van der Waals surface area contributed by atoms with E-state index >= 15 is 0 Å². The first kappa shape index (κ1) is 21.9. The standard InChI is InChI=1S/C28H32N2O3/c31-28(33-18-23-9-5-17-29-23)27(21-7-1-2-8-21)22-12-15-25(16-13-22)32-19-24-14-11-20-6-3-4-10-26(20)30-24/h3-4,6,10-16,21,23,27,29H,1-2,5,7-9,17-19H2. The van der Waals surface area contributed by atoms with Crippen LogP contribution in [0.2, 0.25) is 0 Å². The minimum atomic E-state index is -0.190. The van der Waals surface area contributed by atoms with Gasteiger partial charge in [0.1, 0.15) is 19.0 Å². The van der Waals surface area contributed by atoms with Crippen LogP contribution in [0.3, 0.4) is 0 Å². The maximum Gasteiger partial charge on any atom is 0.313 e. The average molecular weight is 445 g/mol. The summed E-state index contributed by atoms with van der Waals surface area (Å²) in [5.41, 5.74) is 2.90. The van der Waals surface area contributed by atoms with Gasteiger partial charge in [0.15, 0.2) is 0 Å². The normalized spacial score (nSPS) is 19.6. The summed E-state index contributed by atoms with van der Waals surface area (Å²) in [7, 11) is 0. The lowest BCUT2D eigenvalue weighted by Crippen LogP contribution is -2.31. The van der Waals surface area contributed by atoms with Gasteiger partial charge in [0.05, 0.1) is 17.1 Å². The van der Waals surface area contributed by atoms with Crippen molar-refractivity contribution >= 4 is 16.9 Å². The third kappa shape index (κ3) is 5.36. The van der Waals surface area contributed by atoms with Gasteiger partial charge in [0.2, 0.25) is 0 Å². The van der Waals surface area contributed by atoms with Crippen LogP contribution in [0.4, 0.5) is 0 Å². The summed E-state index contributed by atoms with van der Waals surface area (Å²) in [6, 6.07) is 20.4. The van der Waals surface area contributed by atoms with E-state index in [4.69, 9.17) is 9.47 Å². The number of para-hydroxylation sites is 1. The lowest BCUT2D eigenvalue weighted by molar-refractivity contribution is -0.147. The van der Waals surface area contributed by atoms with E-state index in [1.54, 1.807) is 0 Å². The predicted octanol–water partition coefficient (Wildman–Crippen LogP) is 5.38. The fourth-order valence-corrected chi connectivity index (χ4v) is 5.18. The number of nitrogens with zero attached hydrogens (tertiary/aromatic N) is 1. The Hall–Kier alpha value is -2.92. The molecule has 2 aliphatic rings. The molecule has 1 N–H and O–H groups in total. The largest absolute Gasteiger partial charge is 0.487 e. The third-order valence-electron chi connectivity index (χ3n) is 7.00. The molecule has 3 aromatic rings. The first-order valence-corrected chi connectivity index (χ1v) is 12.2. The number of rotatable bonds is 8. The van der Waals surface area contributed by atoms with Gasteiger partial charge in [-0.1, -0.05) is 49.2 Å². The molecule has 172 valence electrons. The predicted molar refractivity (Wildman–Crippen MR) is 129 cm³/mol. The van der Waals surface area contributed by atoms with Gasteiger partial charge >= 0.3 is 5.97 Å². The molecular weight excluding hydrogens is 412 g/mol. The Bertz CT molecular complexity index is 1070. The number of benzene rings is 2. The van der Waals surface area contributed by atoms with E-state index in [1.165, 1.54) is 12.8 Å². The molecule has 5 heteroatoms. The maximum absolute atomic E-state index is 13.1. The maximum atomic E-state index is 13.1. The van der Waals surface area contributed by atoms with Crippen LogP contribution in [0, 0.1) is 5.92 Å². The Kier molecular flexibility index (Phi) is 6.87. The number of carbonyl (C=O) groups is 1. The lowest BCUT2D eigenvalue weighted by Gasteiger charge is -2.23. The number of ether oxygens (including phenoxy) is 2. The van der Waals surface area contributed by atoms with Gasteiger partial charge in [-0.2, -0.15) is 0 Å². The van der Waals surface area contributed by atoms with Gasteiger partial charge in [0, 0.05) is 11.4 Å². The molecule has 1 saturated heterocycles. The van der Waals surface area contributed by atoms with E-state index in [-0.39, 0.29) is 11.9 Å². The van der Waals surface area contributed by atoms with Gasteiger partial charge in [-0.05, 0) is 68.0 Å². The Morgan fingerprint density at radius 1 is 0.970 bits per heavy atom. The summed E-state index contributed by atoms with van der Waals surface area (Å²) in [6.45, 7) is 1.90. The summed E-state index contributed by atoms with van der Waals surface area (Å²) < 4.78 is 11.8. The molecule has 1 aromatic heterocycles. The molecule has 5 rings (SSSR count). The molecule has 0 bridgehead atoms. The number of nitrogens with one attached hydrogen (secondary N) is 1. The van der Waals surface area contributed by atoms with Crippen LogP contribution in [-0.4, -0.2) is 30.1 Å². The van der Waals surface area contributed by atoms with E-state index in [0.29, 0.717) is 25.2 Å². The first-order chi connectivity index (χ1) is 16.3. The minimum Gasteiger partial charge on any atom is -0.487 e. The molecule has 2 unspecified atom stereocenters. The van der Waals surface area contributed by atoms with Crippen molar-refractivity contribution in [3.8, 4) is 5.75 Å². The molecular formula is C28H32N2O3. The van der Waals surface area contributed by atoms with Crippen LogP contribution in [0.25, 0.3) is 10.9 Å². The molecule has 0 amide bonds. The number of esters is 1. The van der Waals surface area contributed by atoms with Gasteiger partial charge in [-0.15, -0.1) is 0 Å². The third-order valence-corrected chi connectivity index (χ3v) is 7.00. The van der Waals surface area contributed by atoms with E-state index in [9.17, 15) is 4.79 Å². The fourth-order valence-electron chi connectivity index (χ4n) is 5.18. The summed E-state index contributed by atoms with van der Waals surface area (Å²) in [6.07, 6.45) is 6.81. The minimum absolute atomic E-state index is 0.0790. The molecule has 0 spiro atoms. The monoisotopic (exact) mass is 444 g/mol. The number of fused-ring (bicyclic) bond motifs is 1. The van der Waals surface area contributed by atoms with E-state index in [0.717, 1.165) is 60.1 Å². The summed E-state index contributed by atoms with van der Waals surface area (Å²) in [4.78, 5) is 17.8. The summed E-state index contributed by atoms with van der Waals surface area (Å²) in [5.74, 6) is 0.875. The van der Waals surface area contributed by atoms with Crippen molar-refractivity contribution in [1.29, 1.82) is 0 Å². The molecule has 1 aliphatic heterocycles. The number of hydrogen-bond acceptors (Lipinski definition) is 5. The molecule has 0 radical (unpaired) electrons. The van der Waals surface area contributed by atoms with Gasteiger partial charge in [0.25, 0.3) is 0 Å². The van der Waals surface area contributed by atoms with E-state index < -0.39 is 0 Å². The van der Waals surface area contributed by atoms with E-state index in [2.05, 4.69) is 22.4 Å². The van der Waals surface area contributed by atoms with Crippen molar-refractivity contribution < 1.29 is 14.3 Å². The highest BCUT2D eigenvalue weighted by Crippen LogP contribution is 2.38. The second-order valence-corrected chi connectivity index (χ2v) is 9.30. The second kappa shape index (κ2) is 10.3. The molecule has 2 fully saturated rings. The molecule has 33 heavy (non-hydrogen) atoms. The highest BCUT2D eigenvalue weighted by molar-refractivity contribution is 5.79. The Labute approximate surface area is 195 Å². The van der Waals surface area contributed by atoms with Gasteiger partial charge in [-0.25, -0.2) is 4.98 Å². The topological polar surface area (TPSA) is 60.5 Å². The lowest BCUT2D eigenvalue weighted by atomic mass is 9.85. The van der Waals surface area contributed by atoms with Crippen LogP contribution >= 0.6 is 0 Å². The Balaban J connectivity index is 1.24. The highest BCUT2D eigenvalue weighted by atomic mass is 16.5. The van der Waals surface area contributed by atoms with Crippen molar-refractivity contribution in [3.05, 3.63) is 71.9 Å².